The first-order valence-corrected chi connectivity index (χ1v) is 8.48. The van der Waals surface area contributed by atoms with E-state index in [-0.39, 0.29) is 0 Å². The average molecular weight is 338 g/mol. The fourth-order valence-electron chi connectivity index (χ4n) is 3.30. The highest BCUT2D eigenvalue weighted by Gasteiger charge is 2.24. The average Bonchev–Trinajstić information content (AvgIpc) is 3.22. The Labute approximate surface area is 146 Å². The minimum absolute atomic E-state index is 0.328. The number of imidazole rings is 1. The van der Waals surface area contributed by atoms with E-state index in [9.17, 15) is 0 Å². The Morgan fingerprint density at radius 2 is 2.28 bits per heavy atom. The molecule has 0 aliphatic carbocycles. The molecule has 0 unspecified atom stereocenters. The van der Waals surface area contributed by atoms with E-state index in [4.69, 9.17) is 9.72 Å². The van der Waals surface area contributed by atoms with Crippen LogP contribution in [0.15, 0.2) is 36.9 Å². The summed E-state index contributed by atoms with van der Waals surface area (Å²) in [4.78, 5) is 13.6. The summed E-state index contributed by atoms with van der Waals surface area (Å²) in [5.41, 5.74) is 3.84. The van der Waals surface area contributed by atoms with Crippen LogP contribution in [0.25, 0.3) is 17.0 Å². The van der Waals surface area contributed by atoms with Crippen LogP contribution in [0, 0.1) is 6.92 Å². The Bertz CT molecular complexity index is 877. The maximum atomic E-state index is 5.21. The van der Waals surface area contributed by atoms with E-state index >= 15 is 0 Å². The molecule has 3 aromatic heterocycles. The number of rotatable bonds is 5. The number of ether oxygens (including phenoxy) is 1. The maximum absolute atomic E-state index is 5.21. The van der Waals surface area contributed by atoms with Crippen LogP contribution < -0.4 is 10.6 Å². The van der Waals surface area contributed by atoms with Gasteiger partial charge in [-0.2, -0.15) is 0 Å². The van der Waals surface area contributed by atoms with Crippen molar-refractivity contribution >= 4 is 11.5 Å². The normalized spacial score (nSPS) is 20.2. The quantitative estimate of drug-likeness (QED) is 0.740. The molecule has 2 N–H and O–H groups in total. The minimum Gasteiger partial charge on any atom is -0.383 e. The maximum Gasteiger partial charge on any atom is 0.145 e. The second-order valence-corrected chi connectivity index (χ2v) is 6.50. The van der Waals surface area contributed by atoms with Gasteiger partial charge in [0, 0.05) is 31.9 Å². The molecule has 1 aliphatic heterocycles. The summed E-state index contributed by atoms with van der Waals surface area (Å²) in [6.07, 6.45) is 8.41. The molecule has 1 aliphatic rings. The first-order chi connectivity index (χ1) is 12.2. The SMILES string of the molecule is COC[C@@H]1C[C@@H](Nc2cncc(-c3cnc4cc(C)ccn34)n2)CN1. The number of aryl methyl sites for hydroxylation is 1. The van der Waals surface area contributed by atoms with Crippen molar-refractivity contribution in [1.82, 2.24) is 24.7 Å². The molecule has 1 fully saturated rings. The summed E-state index contributed by atoms with van der Waals surface area (Å²) in [5.74, 6) is 0.782. The third-order valence-corrected chi connectivity index (χ3v) is 4.51. The van der Waals surface area contributed by atoms with E-state index in [2.05, 4.69) is 39.7 Å². The highest BCUT2D eigenvalue weighted by atomic mass is 16.5. The van der Waals surface area contributed by atoms with Crippen molar-refractivity contribution in [1.29, 1.82) is 0 Å². The molecule has 0 saturated carbocycles. The highest BCUT2D eigenvalue weighted by Crippen LogP contribution is 2.21. The van der Waals surface area contributed by atoms with E-state index in [1.807, 2.05) is 16.8 Å². The third kappa shape index (κ3) is 3.33. The molecule has 1 saturated heterocycles. The Hall–Kier alpha value is -2.51. The molecule has 0 amide bonds. The Morgan fingerprint density at radius 3 is 3.16 bits per heavy atom. The van der Waals surface area contributed by atoms with Gasteiger partial charge in [0.05, 0.1) is 30.9 Å². The number of fused-ring (bicyclic) bond motifs is 1. The number of hydrogen-bond donors (Lipinski definition) is 2. The smallest absolute Gasteiger partial charge is 0.145 e. The zero-order valence-corrected chi connectivity index (χ0v) is 14.4. The summed E-state index contributed by atoms with van der Waals surface area (Å²) in [5, 5.41) is 6.92. The van der Waals surface area contributed by atoms with Crippen molar-refractivity contribution in [3.8, 4) is 11.4 Å². The van der Waals surface area contributed by atoms with Gasteiger partial charge in [-0.15, -0.1) is 0 Å². The van der Waals surface area contributed by atoms with Crippen LogP contribution in [-0.2, 0) is 4.74 Å². The minimum atomic E-state index is 0.328. The molecule has 4 rings (SSSR count). The van der Waals surface area contributed by atoms with Crippen molar-refractivity contribution in [2.24, 2.45) is 0 Å². The van der Waals surface area contributed by atoms with E-state index in [0.29, 0.717) is 12.1 Å². The first kappa shape index (κ1) is 16.0. The third-order valence-electron chi connectivity index (χ3n) is 4.51. The predicted molar refractivity (Wildman–Crippen MR) is 96.6 cm³/mol. The lowest BCUT2D eigenvalue weighted by molar-refractivity contribution is 0.173. The zero-order chi connectivity index (χ0) is 17.2. The van der Waals surface area contributed by atoms with Gasteiger partial charge in [0.1, 0.15) is 17.2 Å². The van der Waals surface area contributed by atoms with Crippen LogP contribution >= 0.6 is 0 Å². The van der Waals surface area contributed by atoms with Gasteiger partial charge in [-0.25, -0.2) is 9.97 Å². The van der Waals surface area contributed by atoms with Gasteiger partial charge >= 0.3 is 0 Å². The van der Waals surface area contributed by atoms with Gasteiger partial charge < -0.3 is 15.4 Å². The molecule has 3 aromatic rings. The Balaban J connectivity index is 1.55. The summed E-state index contributed by atoms with van der Waals surface area (Å²) < 4.78 is 7.25. The highest BCUT2D eigenvalue weighted by molar-refractivity contribution is 5.61. The largest absolute Gasteiger partial charge is 0.383 e. The summed E-state index contributed by atoms with van der Waals surface area (Å²) >= 11 is 0. The van der Waals surface area contributed by atoms with E-state index in [1.54, 1.807) is 19.5 Å². The molecule has 7 nitrogen and oxygen atoms in total. The van der Waals surface area contributed by atoms with Crippen LogP contribution in [0.2, 0.25) is 0 Å². The zero-order valence-electron chi connectivity index (χ0n) is 14.4. The molecule has 0 spiro atoms. The topological polar surface area (TPSA) is 76.4 Å². The molecule has 0 aromatic carbocycles. The molecule has 130 valence electrons. The second kappa shape index (κ2) is 6.78. The van der Waals surface area contributed by atoms with Crippen molar-refractivity contribution in [2.75, 3.05) is 25.6 Å². The fourth-order valence-corrected chi connectivity index (χ4v) is 3.30. The number of methoxy groups -OCH3 is 1. The summed E-state index contributed by atoms with van der Waals surface area (Å²) in [6, 6.07) is 4.84. The number of nitrogens with one attached hydrogen (secondary N) is 2. The second-order valence-electron chi connectivity index (χ2n) is 6.50. The van der Waals surface area contributed by atoms with Crippen LogP contribution in [-0.4, -0.2) is 51.7 Å². The predicted octanol–water partition coefficient (Wildman–Crippen LogP) is 1.89. The lowest BCUT2D eigenvalue weighted by Crippen LogP contribution is -2.26. The van der Waals surface area contributed by atoms with Crippen LogP contribution in [0.5, 0.6) is 0 Å². The van der Waals surface area contributed by atoms with Crippen LogP contribution in [0.1, 0.15) is 12.0 Å². The standard InChI is InChI=1S/C18H22N6O/c1-12-3-4-24-16(9-21-18(24)5-12)15-8-19-10-17(23-15)22-13-6-14(11-25-2)20-7-13/h3-5,8-10,13-14,20H,6-7,11H2,1-2H3,(H,22,23)/t13-,14+/m1/s1. The van der Waals surface area contributed by atoms with Gasteiger partial charge in [-0.1, -0.05) is 0 Å². The summed E-state index contributed by atoms with van der Waals surface area (Å²) in [7, 11) is 1.73. The van der Waals surface area contributed by atoms with E-state index < -0.39 is 0 Å². The molecule has 0 bridgehead atoms. The Morgan fingerprint density at radius 1 is 1.36 bits per heavy atom. The van der Waals surface area contributed by atoms with E-state index in [1.165, 1.54) is 5.56 Å². The molecule has 0 radical (unpaired) electrons. The van der Waals surface area contributed by atoms with Gasteiger partial charge in [-0.3, -0.25) is 9.38 Å². The number of nitrogens with zero attached hydrogens (tertiary/aromatic N) is 4. The first-order valence-electron chi connectivity index (χ1n) is 8.48. The lowest BCUT2D eigenvalue weighted by atomic mass is 10.2. The van der Waals surface area contributed by atoms with Crippen LogP contribution in [0.4, 0.5) is 5.82 Å². The van der Waals surface area contributed by atoms with Crippen molar-refractivity contribution in [3.63, 3.8) is 0 Å². The monoisotopic (exact) mass is 338 g/mol. The number of anilines is 1. The fraction of sp³-hybridized carbons (Fsp3) is 0.389. The lowest BCUT2D eigenvalue weighted by Gasteiger charge is -2.13. The summed E-state index contributed by atoms with van der Waals surface area (Å²) in [6.45, 7) is 3.69. The molecule has 25 heavy (non-hydrogen) atoms. The number of pyridine rings is 1. The van der Waals surface area contributed by atoms with Crippen molar-refractivity contribution in [2.45, 2.75) is 25.4 Å². The molecule has 4 heterocycles. The van der Waals surface area contributed by atoms with Gasteiger partial charge in [-0.05, 0) is 31.0 Å². The van der Waals surface area contributed by atoms with Gasteiger partial charge in [0.2, 0.25) is 0 Å². The molecule has 2 atom stereocenters. The molecular formula is C18H22N6O. The van der Waals surface area contributed by atoms with E-state index in [0.717, 1.165) is 42.4 Å². The van der Waals surface area contributed by atoms with Crippen molar-refractivity contribution < 1.29 is 4.74 Å². The van der Waals surface area contributed by atoms with Crippen LogP contribution in [0.3, 0.4) is 0 Å². The van der Waals surface area contributed by atoms with Crippen molar-refractivity contribution in [3.05, 3.63) is 42.5 Å². The molecule has 7 heteroatoms. The Kier molecular flexibility index (Phi) is 4.33. The van der Waals surface area contributed by atoms with Gasteiger partial charge in [0.15, 0.2) is 0 Å². The molecular weight excluding hydrogens is 316 g/mol. The van der Waals surface area contributed by atoms with Gasteiger partial charge in [0.25, 0.3) is 0 Å². The number of hydrogen-bond acceptors (Lipinski definition) is 6. The number of aromatic nitrogens is 4.